The van der Waals surface area contributed by atoms with Crippen LogP contribution in [0.2, 0.25) is 0 Å². The molecule has 1 saturated carbocycles. The van der Waals surface area contributed by atoms with Gasteiger partial charge in [-0.2, -0.15) is 0 Å². The highest BCUT2D eigenvalue weighted by Crippen LogP contribution is 2.38. The Hall–Kier alpha value is -2.25. The molecule has 1 amide bonds. The molecule has 0 spiro atoms. The van der Waals surface area contributed by atoms with E-state index in [1.54, 1.807) is 0 Å². The summed E-state index contributed by atoms with van der Waals surface area (Å²) in [6.45, 7) is -0.236. The number of carbonyl (C=O) groups excluding carboxylic acids is 1. The number of amides is 1. The fourth-order valence-electron chi connectivity index (χ4n) is 2.74. The zero-order valence-corrected chi connectivity index (χ0v) is 12.2. The van der Waals surface area contributed by atoms with Crippen LogP contribution in [0.5, 0.6) is 5.75 Å². The van der Waals surface area contributed by atoms with Crippen LogP contribution < -0.4 is 10.1 Å². The summed E-state index contributed by atoms with van der Waals surface area (Å²) in [7, 11) is 0. The Balaban J connectivity index is 2.09. The van der Waals surface area contributed by atoms with Gasteiger partial charge in [-0.1, -0.05) is 31.0 Å². The number of carboxylic acid groups (broad SMARTS) is 1. The first-order valence-corrected chi connectivity index (χ1v) is 7.10. The molecule has 2 rings (SSSR count). The van der Waals surface area contributed by atoms with E-state index in [0.29, 0.717) is 12.8 Å². The molecule has 0 saturated heterocycles. The van der Waals surface area contributed by atoms with Crippen LogP contribution in [-0.2, 0) is 16.1 Å². The Kier molecular flexibility index (Phi) is 4.82. The van der Waals surface area contributed by atoms with E-state index in [9.17, 15) is 27.9 Å². The van der Waals surface area contributed by atoms with Crippen molar-refractivity contribution in [1.82, 2.24) is 5.32 Å². The van der Waals surface area contributed by atoms with Crippen LogP contribution in [0.25, 0.3) is 0 Å². The van der Waals surface area contributed by atoms with Gasteiger partial charge in [-0.05, 0) is 18.9 Å². The number of carbonyl (C=O) groups is 2. The summed E-state index contributed by atoms with van der Waals surface area (Å²) in [4.78, 5) is 23.6. The molecule has 0 aromatic heterocycles. The third-order valence-corrected chi connectivity index (χ3v) is 3.94. The van der Waals surface area contributed by atoms with Crippen LogP contribution in [0.15, 0.2) is 24.3 Å². The third-order valence-electron chi connectivity index (χ3n) is 3.94. The molecule has 0 heterocycles. The van der Waals surface area contributed by atoms with Gasteiger partial charge >= 0.3 is 12.3 Å². The number of hydrogen-bond donors (Lipinski definition) is 2. The summed E-state index contributed by atoms with van der Waals surface area (Å²) < 4.78 is 40.9. The van der Waals surface area contributed by atoms with E-state index in [2.05, 4.69) is 10.1 Å². The number of carboxylic acids is 1. The third kappa shape index (κ3) is 3.94. The number of alkyl halides is 3. The summed E-state index contributed by atoms with van der Waals surface area (Å²) >= 11 is 0. The van der Waals surface area contributed by atoms with Gasteiger partial charge in [0.25, 0.3) is 0 Å². The van der Waals surface area contributed by atoms with E-state index in [0.717, 1.165) is 6.07 Å². The van der Waals surface area contributed by atoms with Crippen LogP contribution in [0.3, 0.4) is 0 Å². The highest BCUT2D eigenvalue weighted by Gasteiger charge is 2.48. The molecule has 0 unspecified atom stereocenters. The van der Waals surface area contributed by atoms with Gasteiger partial charge in [-0.25, -0.2) is 0 Å². The van der Waals surface area contributed by atoms with Crippen molar-refractivity contribution in [2.24, 2.45) is 5.41 Å². The number of benzene rings is 1. The van der Waals surface area contributed by atoms with Gasteiger partial charge in [-0.15, -0.1) is 13.2 Å². The van der Waals surface area contributed by atoms with E-state index in [1.165, 1.54) is 18.2 Å². The second kappa shape index (κ2) is 6.47. The van der Waals surface area contributed by atoms with Crippen LogP contribution in [0.4, 0.5) is 13.2 Å². The number of hydrogen-bond acceptors (Lipinski definition) is 3. The molecule has 8 heteroatoms. The van der Waals surface area contributed by atoms with Gasteiger partial charge in [0, 0.05) is 12.1 Å². The zero-order valence-electron chi connectivity index (χ0n) is 12.2. The van der Waals surface area contributed by atoms with Gasteiger partial charge < -0.3 is 15.2 Å². The molecule has 23 heavy (non-hydrogen) atoms. The molecule has 1 fully saturated rings. The van der Waals surface area contributed by atoms with Gasteiger partial charge in [0.2, 0.25) is 5.91 Å². The second-order valence-corrected chi connectivity index (χ2v) is 5.43. The Morgan fingerprint density at radius 1 is 1.22 bits per heavy atom. The van der Waals surface area contributed by atoms with Crippen molar-refractivity contribution in [3.8, 4) is 5.75 Å². The largest absolute Gasteiger partial charge is 0.573 e. The summed E-state index contributed by atoms with van der Waals surface area (Å²) in [6, 6.07) is 5.40. The van der Waals surface area contributed by atoms with Crippen molar-refractivity contribution < 1.29 is 32.6 Å². The molecular formula is C15H16F3NO4. The molecule has 1 aromatic carbocycles. The summed E-state index contributed by atoms with van der Waals surface area (Å²) in [5.74, 6) is -2.30. The smallest absolute Gasteiger partial charge is 0.480 e. The van der Waals surface area contributed by atoms with Crippen LogP contribution in [0.1, 0.15) is 31.2 Å². The van der Waals surface area contributed by atoms with E-state index in [-0.39, 0.29) is 24.9 Å². The highest BCUT2D eigenvalue weighted by atomic mass is 19.4. The van der Waals surface area contributed by atoms with Crippen molar-refractivity contribution >= 4 is 11.9 Å². The van der Waals surface area contributed by atoms with E-state index in [1.807, 2.05) is 0 Å². The molecular weight excluding hydrogens is 315 g/mol. The number of halogens is 3. The Morgan fingerprint density at radius 2 is 1.83 bits per heavy atom. The molecule has 1 aliphatic rings. The van der Waals surface area contributed by atoms with Gasteiger partial charge in [-0.3, -0.25) is 9.59 Å². The lowest BCUT2D eigenvalue weighted by Crippen LogP contribution is -2.44. The average molecular weight is 331 g/mol. The van der Waals surface area contributed by atoms with Crippen molar-refractivity contribution in [2.45, 2.75) is 38.6 Å². The monoisotopic (exact) mass is 331 g/mol. The normalized spacial score (nSPS) is 16.8. The number of aliphatic carboxylic acids is 1. The maximum atomic E-state index is 12.3. The van der Waals surface area contributed by atoms with Crippen molar-refractivity contribution in [3.05, 3.63) is 29.8 Å². The molecule has 1 aromatic rings. The molecule has 0 radical (unpaired) electrons. The molecule has 126 valence electrons. The lowest BCUT2D eigenvalue weighted by atomic mass is 9.85. The predicted octanol–water partition coefficient (Wildman–Crippen LogP) is 2.85. The van der Waals surface area contributed by atoms with Crippen LogP contribution >= 0.6 is 0 Å². The van der Waals surface area contributed by atoms with E-state index in [4.69, 9.17) is 0 Å². The lowest BCUT2D eigenvalue weighted by Gasteiger charge is -2.23. The minimum atomic E-state index is -4.84. The summed E-state index contributed by atoms with van der Waals surface area (Å²) in [6.07, 6.45) is -3.11. The van der Waals surface area contributed by atoms with Gasteiger partial charge in [0.05, 0.1) is 0 Å². The average Bonchev–Trinajstić information content (AvgIpc) is 2.95. The number of rotatable bonds is 5. The second-order valence-electron chi connectivity index (χ2n) is 5.43. The van der Waals surface area contributed by atoms with Gasteiger partial charge in [0.15, 0.2) is 0 Å². The summed E-state index contributed by atoms with van der Waals surface area (Å²) in [5.41, 5.74) is -1.36. The standard InChI is InChI=1S/C15H16F3NO4/c16-15(17,18)23-11-6-2-1-5-10(11)9-19-12(20)14(13(21)22)7-3-4-8-14/h1-2,5-6H,3-4,7-9H2,(H,19,20)(H,21,22). The van der Waals surface area contributed by atoms with Crippen LogP contribution in [0, 0.1) is 5.41 Å². The maximum absolute atomic E-state index is 12.3. The number of para-hydroxylation sites is 1. The number of ether oxygens (including phenoxy) is 1. The van der Waals surface area contributed by atoms with E-state index >= 15 is 0 Å². The first-order chi connectivity index (χ1) is 10.7. The Labute approximate surface area is 130 Å². The highest BCUT2D eigenvalue weighted by molar-refractivity contribution is 6.02. The number of nitrogens with one attached hydrogen (secondary N) is 1. The minimum Gasteiger partial charge on any atom is -0.480 e. The first-order valence-electron chi connectivity index (χ1n) is 7.10. The molecule has 0 atom stereocenters. The Bertz CT molecular complexity index is 595. The zero-order chi connectivity index (χ0) is 17.1. The summed E-state index contributed by atoms with van der Waals surface area (Å²) in [5, 5.41) is 11.7. The molecule has 5 nitrogen and oxygen atoms in total. The van der Waals surface area contributed by atoms with Gasteiger partial charge in [0.1, 0.15) is 11.2 Å². The predicted molar refractivity (Wildman–Crippen MR) is 73.5 cm³/mol. The lowest BCUT2D eigenvalue weighted by molar-refractivity contribution is -0.274. The molecule has 2 N–H and O–H groups in total. The molecule has 0 aliphatic heterocycles. The molecule has 1 aliphatic carbocycles. The maximum Gasteiger partial charge on any atom is 0.573 e. The van der Waals surface area contributed by atoms with Crippen molar-refractivity contribution in [2.75, 3.05) is 0 Å². The molecule has 0 bridgehead atoms. The van der Waals surface area contributed by atoms with Crippen molar-refractivity contribution in [1.29, 1.82) is 0 Å². The SMILES string of the molecule is O=C(O)C1(C(=O)NCc2ccccc2OC(F)(F)F)CCCC1. The minimum absolute atomic E-state index is 0.122. The fourth-order valence-corrected chi connectivity index (χ4v) is 2.74. The first kappa shape index (κ1) is 17.1. The fraction of sp³-hybridized carbons (Fsp3) is 0.467. The van der Waals surface area contributed by atoms with E-state index < -0.39 is 29.4 Å². The quantitative estimate of drug-likeness (QED) is 0.814. The van der Waals surface area contributed by atoms with Crippen LogP contribution in [-0.4, -0.2) is 23.3 Å². The topological polar surface area (TPSA) is 75.6 Å². The Morgan fingerprint density at radius 3 is 2.39 bits per heavy atom. The van der Waals surface area contributed by atoms with Crippen molar-refractivity contribution in [3.63, 3.8) is 0 Å².